The van der Waals surface area contributed by atoms with Gasteiger partial charge in [-0.15, -0.1) is 0 Å². The number of hydrogen-bond donors (Lipinski definition) is 1. The van der Waals surface area contributed by atoms with Gasteiger partial charge in [-0.05, 0) is 13.8 Å². The van der Waals surface area contributed by atoms with Crippen molar-refractivity contribution in [3.8, 4) is 0 Å². The van der Waals surface area contributed by atoms with E-state index in [0.717, 1.165) is 30.5 Å². The number of likely N-dealkylation sites (N-methyl/N-ethyl adjacent to an activating group) is 1. The van der Waals surface area contributed by atoms with Gasteiger partial charge in [0.1, 0.15) is 17.5 Å². The van der Waals surface area contributed by atoms with Crippen LogP contribution in [0.5, 0.6) is 0 Å². The van der Waals surface area contributed by atoms with Crippen molar-refractivity contribution in [2.24, 2.45) is 5.73 Å². The Morgan fingerprint density at radius 1 is 1.19 bits per heavy atom. The molecule has 0 bridgehead atoms. The summed E-state index contributed by atoms with van der Waals surface area (Å²) < 4.78 is 0. The third kappa shape index (κ3) is 3.06. The fraction of sp³-hybridized carbons (Fsp3) is 0.636. The first-order valence-corrected chi connectivity index (χ1v) is 5.56. The molecule has 1 aromatic rings. The second-order valence-corrected chi connectivity index (χ2v) is 3.86. The molecule has 5 heteroatoms. The molecule has 16 heavy (non-hydrogen) atoms. The predicted molar refractivity (Wildman–Crippen MR) is 68.0 cm³/mol. The molecule has 0 fully saturated rings. The Morgan fingerprint density at radius 3 is 2.25 bits per heavy atom. The lowest BCUT2D eigenvalue weighted by molar-refractivity contribution is 0.846. The molecule has 0 aromatic carbocycles. The lowest BCUT2D eigenvalue weighted by atomic mass is 10.4. The van der Waals surface area contributed by atoms with Gasteiger partial charge in [-0.3, -0.25) is 0 Å². The van der Waals surface area contributed by atoms with E-state index in [2.05, 4.69) is 21.8 Å². The smallest absolute Gasteiger partial charge is 0.134 e. The summed E-state index contributed by atoms with van der Waals surface area (Å²) in [6.45, 7) is 6.36. The molecular weight excluding hydrogens is 202 g/mol. The average molecular weight is 223 g/mol. The summed E-state index contributed by atoms with van der Waals surface area (Å²) >= 11 is 0. The molecule has 90 valence electrons. The van der Waals surface area contributed by atoms with Crippen LogP contribution in [0.25, 0.3) is 0 Å². The van der Waals surface area contributed by atoms with Gasteiger partial charge in [0.25, 0.3) is 0 Å². The second kappa shape index (κ2) is 5.65. The number of aromatic nitrogens is 2. The van der Waals surface area contributed by atoms with Crippen LogP contribution in [0.4, 0.5) is 11.6 Å². The standard InChI is InChI=1S/C11H21N5/c1-5-15(3)10-8-11(14-9(2)13-10)16(4)7-6-12/h8H,5-7,12H2,1-4H3. The van der Waals surface area contributed by atoms with E-state index in [0.29, 0.717) is 6.54 Å². The Labute approximate surface area is 97.3 Å². The van der Waals surface area contributed by atoms with Crippen molar-refractivity contribution in [2.45, 2.75) is 13.8 Å². The molecule has 2 N–H and O–H groups in total. The number of anilines is 2. The van der Waals surface area contributed by atoms with Crippen LogP contribution < -0.4 is 15.5 Å². The molecule has 0 aliphatic heterocycles. The van der Waals surface area contributed by atoms with E-state index in [4.69, 9.17) is 5.73 Å². The molecule has 0 aliphatic carbocycles. The number of hydrogen-bond acceptors (Lipinski definition) is 5. The van der Waals surface area contributed by atoms with E-state index in [1.54, 1.807) is 0 Å². The summed E-state index contributed by atoms with van der Waals surface area (Å²) in [5.74, 6) is 2.67. The van der Waals surface area contributed by atoms with Crippen molar-refractivity contribution in [3.05, 3.63) is 11.9 Å². The first-order valence-electron chi connectivity index (χ1n) is 5.56. The van der Waals surface area contributed by atoms with Crippen molar-refractivity contribution in [1.29, 1.82) is 0 Å². The molecule has 1 rings (SSSR count). The molecule has 5 nitrogen and oxygen atoms in total. The lowest BCUT2D eigenvalue weighted by Gasteiger charge is -2.21. The van der Waals surface area contributed by atoms with Crippen LogP contribution in [0.1, 0.15) is 12.7 Å². The lowest BCUT2D eigenvalue weighted by Crippen LogP contribution is -2.27. The summed E-state index contributed by atoms with van der Waals surface area (Å²) in [4.78, 5) is 12.9. The number of nitrogens with zero attached hydrogens (tertiary/aromatic N) is 4. The van der Waals surface area contributed by atoms with E-state index in [1.165, 1.54) is 0 Å². The first kappa shape index (κ1) is 12.7. The third-order valence-corrected chi connectivity index (χ3v) is 2.53. The molecule has 0 amide bonds. The van der Waals surface area contributed by atoms with Gasteiger partial charge in [0, 0.05) is 39.8 Å². The molecule has 0 radical (unpaired) electrons. The fourth-order valence-electron chi connectivity index (χ4n) is 1.40. The van der Waals surface area contributed by atoms with Gasteiger partial charge in [-0.1, -0.05) is 0 Å². The summed E-state index contributed by atoms with van der Waals surface area (Å²) in [5, 5.41) is 0. The topological polar surface area (TPSA) is 58.3 Å². The highest BCUT2D eigenvalue weighted by Gasteiger charge is 2.08. The first-order chi connectivity index (χ1) is 7.58. The molecule has 0 saturated heterocycles. The maximum absolute atomic E-state index is 5.53. The summed E-state index contributed by atoms with van der Waals surface area (Å²) in [6, 6.07) is 1.99. The fourth-order valence-corrected chi connectivity index (χ4v) is 1.40. The monoisotopic (exact) mass is 223 g/mol. The van der Waals surface area contributed by atoms with Gasteiger partial charge >= 0.3 is 0 Å². The molecule has 0 atom stereocenters. The van der Waals surface area contributed by atoms with Gasteiger partial charge in [0.15, 0.2) is 0 Å². The van der Waals surface area contributed by atoms with E-state index < -0.39 is 0 Å². The van der Waals surface area contributed by atoms with Crippen molar-refractivity contribution < 1.29 is 0 Å². The quantitative estimate of drug-likeness (QED) is 0.793. The van der Waals surface area contributed by atoms with Crippen molar-refractivity contribution >= 4 is 11.6 Å². The van der Waals surface area contributed by atoms with Crippen LogP contribution in [0, 0.1) is 6.92 Å². The highest BCUT2D eigenvalue weighted by atomic mass is 15.2. The van der Waals surface area contributed by atoms with Gasteiger partial charge in [-0.25, -0.2) is 9.97 Å². The van der Waals surface area contributed by atoms with E-state index in [1.807, 2.05) is 32.0 Å². The van der Waals surface area contributed by atoms with Crippen LogP contribution in [0.2, 0.25) is 0 Å². The molecule has 0 saturated carbocycles. The summed E-state index contributed by atoms with van der Waals surface area (Å²) in [7, 11) is 4.01. The van der Waals surface area contributed by atoms with E-state index in [9.17, 15) is 0 Å². The minimum absolute atomic E-state index is 0.624. The minimum Gasteiger partial charge on any atom is -0.360 e. The number of rotatable bonds is 5. The SMILES string of the molecule is CCN(C)c1cc(N(C)CCN)nc(C)n1. The molecule has 0 unspecified atom stereocenters. The summed E-state index contributed by atoms with van der Waals surface area (Å²) in [5.41, 5.74) is 5.53. The van der Waals surface area contributed by atoms with Crippen LogP contribution in [-0.2, 0) is 0 Å². The average Bonchev–Trinajstić information content (AvgIpc) is 2.27. The predicted octanol–water partition coefficient (Wildman–Crippen LogP) is 0.636. The van der Waals surface area contributed by atoms with Crippen LogP contribution in [0.3, 0.4) is 0 Å². The van der Waals surface area contributed by atoms with Crippen molar-refractivity contribution in [1.82, 2.24) is 9.97 Å². The highest BCUT2D eigenvalue weighted by Crippen LogP contribution is 2.16. The largest absolute Gasteiger partial charge is 0.360 e. The van der Waals surface area contributed by atoms with Gasteiger partial charge in [0.05, 0.1) is 0 Å². The molecule has 1 aromatic heterocycles. The zero-order valence-electron chi connectivity index (χ0n) is 10.6. The van der Waals surface area contributed by atoms with Crippen molar-refractivity contribution in [3.63, 3.8) is 0 Å². The normalized spacial score (nSPS) is 10.3. The number of nitrogens with two attached hydrogens (primary N) is 1. The molecule has 1 heterocycles. The van der Waals surface area contributed by atoms with E-state index in [-0.39, 0.29) is 0 Å². The van der Waals surface area contributed by atoms with Gasteiger partial charge in [-0.2, -0.15) is 0 Å². The van der Waals surface area contributed by atoms with Crippen molar-refractivity contribution in [2.75, 3.05) is 43.5 Å². The van der Waals surface area contributed by atoms with Gasteiger partial charge < -0.3 is 15.5 Å². The molecule has 0 aliphatic rings. The van der Waals surface area contributed by atoms with Crippen LogP contribution >= 0.6 is 0 Å². The minimum atomic E-state index is 0.624. The zero-order chi connectivity index (χ0) is 12.1. The Balaban J connectivity index is 2.97. The Bertz CT molecular complexity index is 339. The Hall–Kier alpha value is -1.36. The zero-order valence-corrected chi connectivity index (χ0v) is 10.6. The molecular formula is C11H21N5. The third-order valence-electron chi connectivity index (χ3n) is 2.53. The highest BCUT2D eigenvalue weighted by molar-refractivity contribution is 5.50. The number of aryl methyl sites for hydroxylation is 1. The Kier molecular flexibility index (Phi) is 4.49. The maximum Gasteiger partial charge on any atom is 0.134 e. The molecule has 0 spiro atoms. The maximum atomic E-state index is 5.53. The Morgan fingerprint density at radius 2 is 1.75 bits per heavy atom. The second-order valence-electron chi connectivity index (χ2n) is 3.86. The van der Waals surface area contributed by atoms with Gasteiger partial charge in [0.2, 0.25) is 0 Å². The van der Waals surface area contributed by atoms with E-state index >= 15 is 0 Å². The van der Waals surface area contributed by atoms with Crippen LogP contribution in [0.15, 0.2) is 6.07 Å². The van der Waals surface area contributed by atoms with Crippen LogP contribution in [-0.4, -0.2) is 43.7 Å². The summed E-state index contributed by atoms with van der Waals surface area (Å²) in [6.07, 6.45) is 0.